The van der Waals surface area contributed by atoms with Crippen LogP contribution in [-0.4, -0.2) is 57.9 Å². The van der Waals surface area contributed by atoms with Crippen LogP contribution in [0.3, 0.4) is 0 Å². The number of aliphatic hydroxyl groups excluding tert-OH is 2. The van der Waals surface area contributed by atoms with E-state index in [2.05, 4.69) is 5.32 Å². The SMILES string of the molecule is CC(NCC(F)F)[C@H]1CC[C@@]2(O)C3=CC(=O)[C@@H]4C[C@@H](O)[C@@H](O)C[C@]4(C)C3CC[C@]12C. The lowest BCUT2D eigenvalue weighted by Gasteiger charge is -2.60. The molecule has 0 radical (unpaired) electrons. The van der Waals surface area contributed by atoms with Gasteiger partial charge in [0.25, 0.3) is 6.43 Å². The van der Waals surface area contributed by atoms with Crippen LogP contribution in [0.4, 0.5) is 8.78 Å². The van der Waals surface area contributed by atoms with Crippen molar-refractivity contribution in [2.75, 3.05) is 6.54 Å². The Hall–Kier alpha value is -0.890. The fourth-order valence-electron chi connectivity index (χ4n) is 7.63. The van der Waals surface area contributed by atoms with Crippen molar-refractivity contribution in [1.82, 2.24) is 5.32 Å². The zero-order chi connectivity index (χ0) is 22.1. The summed E-state index contributed by atoms with van der Waals surface area (Å²) >= 11 is 0. The summed E-state index contributed by atoms with van der Waals surface area (Å²) in [6, 6.07) is -0.163. The summed E-state index contributed by atoms with van der Waals surface area (Å²) in [6.45, 7) is 5.61. The highest BCUT2D eigenvalue weighted by atomic mass is 19.3. The number of allylic oxidation sites excluding steroid dienone is 1. The minimum atomic E-state index is -2.42. The molecule has 0 bridgehead atoms. The van der Waals surface area contributed by atoms with Gasteiger partial charge in [0.05, 0.1) is 24.4 Å². The number of halogens is 2. The Bertz CT molecular complexity index is 745. The first-order valence-corrected chi connectivity index (χ1v) is 11.3. The van der Waals surface area contributed by atoms with E-state index < -0.39 is 35.1 Å². The molecule has 0 aliphatic heterocycles. The highest BCUT2D eigenvalue weighted by Gasteiger charge is 2.66. The number of hydrogen-bond donors (Lipinski definition) is 4. The van der Waals surface area contributed by atoms with Gasteiger partial charge in [-0.2, -0.15) is 0 Å². The number of nitrogens with one attached hydrogen (secondary N) is 1. The third kappa shape index (κ3) is 3.03. The van der Waals surface area contributed by atoms with Crippen LogP contribution in [0.15, 0.2) is 11.6 Å². The maximum absolute atomic E-state index is 13.1. The lowest BCUT2D eigenvalue weighted by atomic mass is 9.46. The lowest BCUT2D eigenvalue weighted by molar-refractivity contribution is -0.152. The summed E-state index contributed by atoms with van der Waals surface area (Å²) in [5.74, 6) is -0.410. The topological polar surface area (TPSA) is 89.8 Å². The fraction of sp³-hybridized carbons (Fsp3) is 0.870. The molecule has 7 heteroatoms. The standard InChI is InChI=1S/C23H35F2NO4/c1-12(26-11-20(24)25)13-5-7-23(30)15-8-17(27)16-9-18(28)19(29)10-21(16,2)14(15)4-6-22(13,23)3/h8,12-14,16,18-20,26,28-30H,4-7,9-11H2,1-3H3/t12?,13-,14?,16+,18-,19+,21-,22-,23-/m1/s1. The van der Waals surface area contributed by atoms with Gasteiger partial charge in [0.1, 0.15) is 0 Å². The molecule has 0 amide bonds. The van der Waals surface area contributed by atoms with Crippen LogP contribution in [0.25, 0.3) is 0 Å². The minimum Gasteiger partial charge on any atom is -0.390 e. The maximum Gasteiger partial charge on any atom is 0.250 e. The number of fused-ring (bicyclic) bond motifs is 5. The zero-order valence-corrected chi connectivity index (χ0v) is 18.1. The van der Waals surface area contributed by atoms with Gasteiger partial charge < -0.3 is 20.6 Å². The Kier molecular flexibility index (Phi) is 5.45. The molecule has 4 aliphatic carbocycles. The van der Waals surface area contributed by atoms with Gasteiger partial charge in [-0.1, -0.05) is 13.8 Å². The molecular formula is C23H35F2NO4. The average Bonchev–Trinajstić information content (AvgIpc) is 2.94. The fourth-order valence-corrected chi connectivity index (χ4v) is 7.63. The first-order chi connectivity index (χ1) is 13.9. The van der Waals surface area contributed by atoms with E-state index in [9.17, 15) is 28.9 Å². The Morgan fingerprint density at radius 1 is 1.17 bits per heavy atom. The Morgan fingerprint density at radius 2 is 1.87 bits per heavy atom. The van der Waals surface area contributed by atoms with Crippen LogP contribution >= 0.6 is 0 Å². The smallest absolute Gasteiger partial charge is 0.250 e. The third-order valence-electron chi connectivity index (χ3n) is 9.39. The van der Waals surface area contributed by atoms with E-state index in [1.807, 2.05) is 20.8 Å². The summed E-state index contributed by atoms with van der Waals surface area (Å²) in [7, 11) is 0. The van der Waals surface area contributed by atoms with E-state index in [1.165, 1.54) is 0 Å². The molecular weight excluding hydrogens is 392 g/mol. The number of alkyl halides is 2. The van der Waals surface area contributed by atoms with Crippen LogP contribution in [0.5, 0.6) is 0 Å². The number of carbonyl (C=O) groups is 1. The summed E-state index contributed by atoms with van der Waals surface area (Å²) < 4.78 is 25.4. The third-order valence-corrected chi connectivity index (χ3v) is 9.39. The van der Waals surface area contributed by atoms with Crippen molar-refractivity contribution in [1.29, 1.82) is 0 Å². The first-order valence-electron chi connectivity index (χ1n) is 11.3. The molecule has 4 N–H and O–H groups in total. The molecule has 9 atom stereocenters. The first kappa shape index (κ1) is 22.3. The van der Waals surface area contributed by atoms with E-state index in [-0.39, 0.29) is 42.5 Å². The molecule has 4 rings (SSSR count). The molecule has 30 heavy (non-hydrogen) atoms. The summed E-state index contributed by atoms with van der Waals surface area (Å²) in [5.41, 5.74) is -1.37. The molecule has 4 aliphatic rings. The van der Waals surface area contributed by atoms with E-state index in [0.29, 0.717) is 19.3 Å². The van der Waals surface area contributed by atoms with E-state index in [0.717, 1.165) is 18.4 Å². The maximum atomic E-state index is 13.1. The van der Waals surface area contributed by atoms with Gasteiger partial charge in [-0.3, -0.25) is 4.79 Å². The van der Waals surface area contributed by atoms with Gasteiger partial charge in [0.15, 0.2) is 5.78 Å². The highest BCUT2D eigenvalue weighted by Crippen LogP contribution is 2.67. The van der Waals surface area contributed by atoms with Crippen molar-refractivity contribution in [3.05, 3.63) is 11.6 Å². The second-order valence-electron chi connectivity index (χ2n) is 10.7. The second-order valence-corrected chi connectivity index (χ2v) is 10.7. The van der Waals surface area contributed by atoms with Crippen molar-refractivity contribution in [2.24, 2.45) is 28.6 Å². The Morgan fingerprint density at radius 3 is 2.53 bits per heavy atom. The molecule has 0 saturated heterocycles. The van der Waals surface area contributed by atoms with Crippen LogP contribution in [0.1, 0.15) is 59.3 Å². The zero-order valence-electron chi connectivity index (χ0n) is 18.1. The molecule has 0 aromatic rings. The van der Waals surface area contributed by atoms with Crippen molar-refractivity contribution >= 4 is 5.78 Å². The van der Waals surface area contributed by atoms with Gasteiger partial charge in [0.2, 0.25) is 0 Å². The molecule has 0 spiro atoms. The monoisotopic (exact) mass is 427 g/mol. The number of hydrogen-bond acceptors (Lipinski definition) is 5. The van der Waals surface area contributed by atoms with Crippen molar-refractivity contribution in [3.8, 4) is 0 Å². The Balaban J connectivity index is 1.67. The number of carbonyl (C=O) groups excluding carboxylic acids is 1. The van der Waals surface area contributed by atoms with E-state index in [4.69, 9.17) is 0 Å². The normalized spacial score (nSPS) is 49.3. The summed E-state index contributed by atoms with van der Waals surface area (Å²) in [6.07, 6.45) is 0.795. The van der Waals surface area contributed by atoms with E-state index in [1.54, 1.807) is 6.08 Å². The summed E-state index contributed by atoms with van der Waals surface area (Å²) in [5, 5.41) is 35.4. The van der Waals surface area contributed by atoms with Gasteiger partial charge in [-0.05, 0) is 74.3 Å². The number of rotatable bonds is 4. The van der Waals surface area contributed by atoms with Gasteiger partial charge in [-0.15, -0.1) is 0 Å². The van der Waals surface area contributed by atoms with Crippen molar-refractivity contribution in [2.45, 2.75) is 89.6 Å². The second kappa shape index (κ2) is 7.32. The highest BCUT2D eigenvalue weighted by molar-refractivity contribution is 5.95. The van der Waals surface area contributed by atoms with Crippen LogP contribution in [0.2, 0.25) is 0 Å². The van der Waals surface area contributed by atoms with Crippen molar-refractivity contribution in [3.63, 3.8) is 0 Å². The summed E-state index contributed by atoms with van der Waals surface area (Å²) in [4.78, 5) is 13.1. The predicted octanol–water partition coefficient (Wildman–Crippen LogP) is 2.43. The quantitative estimate of drug-likeness (QED) is 0.553. The molecule has 170 valence electrons. The van der Waals surface area contributed by atoms with Gasteiger partial charge in [-0.25, -0.2) is 8.78 Å². The Labute approximate surface area is 176 Å². The molecule has 5 nitrogen and oxygen atoms in total. The van der Waals surface area contributed by atoms with Crippen LogP contribution in [0, 0.1) is 28.6 Å². The number of ketones is 1. The largest absolute Gasteiger partial charge is 0.390 e. The van der Waals surface area contributed by atoms with Crippen LogP contribution in [-0.2, 0) is 4.79 Å². The van der Waals surface area contributed by atoms with E-state index >= 15 is 0 Å². The van der Waals surface area contributed by atoms with Crippen LogP contribution < -0.4 is 5.32 Å². The molecule has 3 fully saturated rings. The predicted molar refractivity (Wildman–Crippen MR) is 108 cm³/mol. The molecule has 0 heterocycles. The molecule has 3 saturated carbocycles. The molecule has 0 aromatic carbocycles. The molecule has 0 aromatic heterocycles. The van der Waals surface area contributed by atoms with Gasteiger partial charge in [0, 0.05) is 17.4 Å². The average molecular weight is 428 g/mol. The van der Waals surface area contributed by atoms with Crippen molar-refractivity contribution < 1.29 is 28.9 Å². The number of aliphatic hydroxyl groups is 3. The minimum absolute atomic E-state index is 0.0245. The lowest BCUT2D eigenvalue weighted by Crippen LogP contribution is -2.61. The molecule has 2 unspecified atom stereocenters. The van der Waals surface area contributed by atoms with Gasteiger partial charge >= 0.3 is 0 Å².